The van der Waals surface area contributed by atoms with E-state index in [1.165, 1.54) is 11.3 Å². The van der Waals surface area contributed by atoms with E-state index in [2.05, 4.69) is 0 Å². The molecule has 2 rings (SSSR count). The number of benzene rings is 1. The molecule has 0 bridgehead atoms. The number of halogens is 1. The molecule has 0 aliphatic carbocycles. The van der Waals surface area contributed by atoms with Crippen LogP contribution in [0.25, 0.3) is 0 Å². The van der Waals surface area contributed by atoms with Crippen molar-refractivity contribution in [3.8, 4) is 11.5 Å². The van der Waals surface area contributed by atoms with Gasteiger partial charge < -0.3 is 14.6 Å². The number of aliphatic hydroxyl groups is 1. The third-order valence-corrected chi connectivity index (χ3v) is 4.07. The minimum absolute atomic E-state index is 0.546. The lowest BCUT2D eigenvalue weighted by molar-refractivity contribution is 0.222. The molecule has 0 aliphatic heterocycles. The summed E-state index contributed by atoms with van der Waals surface area (Å²) in [5.41, 5.74) is 0.760. The van der Waals surface area contributed by atoms with E-state index < -0.39 is 6.10 Å². The zero-order valence-electron chi connectivity index (χ0n) is 11.4. The maximum absolute atomic E-state index is 10.4. The van der Waals surface area contributed by atoms with Crippen LogP contribution in [-0.4, -0.2) is 18.3 Å². The predicted octanol–water partition coefficient (Wildman–Crippen LogP) is 4.28. The highest BCUT2D eigenvalue weighted by Crippen LogP contribution is 2.35. The average molecular weight is 313 g/mol. The first-order chi connectivity index (χ1) is 9.65. The van der Waals surface area contributed by atoms with Crippen LogP contribution in [0.15, 0.2) is 29.6 Å². The molecule has 3 nitrogen and oxygen atoms in total. The van der Waals surface area contributed by atoms with E-state index in [0.717, 1.165) is 10.4 Å². The smallest absolute Gasteiger partial charge is 0.161 e. The highest BCUT2D eigenvalue weighted by Gasteiger charge is 2.15. The molecule has 1 N–H and O–H groups in total. The van der Waals surface area contributed by atoms with Crippen molar-refractivity contribution in [2.24, 2.45) is 0 Å². The maximum Gasteiger partial charge on any atom is 0.161 e. The SMILES string of the molecule is CCOc1ccc(C(O)c2cc(Cl)cs2)cc1OCC. The van der Waals surface area contributed by atoms with Crippen LogP contribution in [0.4, 0.5) is 0 Å². The average Bonchev–Trinajstić information content (AvgIpc) is 2.87. The number of hydrogen-bond acceptors (Lipinski definition) is 4. The summed E-state index contributed by atoms with van der Waals surface area (Å²) in [6, 6.07) is 7.24. The van der Waals surface area contributed by atoms with Crippen molar-refractivity contribution >= 4 is 22.9 Å². The molecule has 0 spiro atoms. The third-order valence-electron chi connectivity index (χ3n) is 2.74. The molecule has 0 fully saturated rings. The molecule has 5 heteroatoms. The molecule has 1 unspecified atom stereocenters. The van der Waals surface area contributed by atoms with Gasteiger partial charge >= 0.3 is 0 Å². The van der Waals surface area contributed by atoms with Crippen LogP contribution in [0.2, 0.25) is 5.02 Å². The van der Waals surface area contributed by atoms with Gasteiger partial charge in [0.2, 0.25) is 0 Å². The van der Waals surface area contributed by atoms with Gasteiger partial charge in [0.25, 0.3) is 0 Å². The summed E-state index contributed by atoms with van der Waals surface area (Å²) < 4.78 is 11.1. The standard InChI is InChI=1S/C15H17ClO3S/c1-3-18-12-6-5-10(7-13(12)19-4-2)15(17)14-8-11(16)9-20-14/h5-9,15,17H,3-4H2,1-2H3. The first kappa shape index (κ1) is 15.2. The first-order valence-electron chi connectivity index (χ1n) is 6.47. The second-order valence-corrected chi connectivity index (χ2v) is 5.52. The molecule has 1 aromatic carbocycles. The van der Waals surface area contributed by atoms with Crippen molar-refractivity contribution in [3.05, 3.63) is 45.1 Å². The van der Waals surface area contributed by atoms with Crippen LogP contribution in [0, 0.1) is 0 Å². The predicted molar refractivity (Wildman–Crippen MR) is 82.2 cm³/mol. The van der Waals surface area contributed by atoms with Gasteiger partial charge in [-0.15, -0.1) is 11.3 Å². The van der Waals surface area contributed by atoms with Gasteiger partial charge in [-0.1, -0.05) is 17.7 Å². The van der Waals surface area contributed by atoms with Gasteiger partial charge in [0.05, 0.1) is 18.2 Å². The largest absolute Gasteiger partial charge is 0.490 e. The maximum atomic E-state index is 10.4. The molecule has 1 heterocycles. The Morgan fingerprint density at radius 1 is 1.15 bits per heavy atom. The van der Waals surface area contributed by atoms with Crippen molar-refractivity contribution in [2.75, 3.05) is 13.2 Å². The molecule has 2 aromatic rings. The zero-order chi connectivity index (χ0) is 14.5. The Balaban J connectivity index is 2.29. The van der Waals surface area contributed by atoms with E-state index in [-0.39, 0.29) is 0 Å². The van der Waals surface area contributed by atoms with Crippen LogP contribution < -0.4 is 9.47 Å². The van der Waals surface area contributed by atoms with E-state index in [4.69, 9.17) is 21.1 Å². The van der Waals surface area contributed by atoms with Gasteiger partial charge in [0.15, 0.2) is 11.5 Å². The number of thiophene rings is 1. The van der Waals surface area contributed by atoms with Gasteiger partial charge in [-0.3, -0.25) is 0 Å². The molecule has 0 saturated heterocycles. The molecule has 0 radical (unpaired) electrons. The monoisotopic (exact) mass is 312 g/mol. The molecular weight excluding hydrogens is 296 g/mol. The lowest BCUT2D eigenvalue weighted by atomic mass is 10.1. The number of aliphatic hydroxyl groups excluding tert-OH is 1. The number of hydrogen-bond donors (Lipinski definition) is 1. The summed E-state index contributed by atoms with van der Waals surface area (Å²) >= 11 is 7.33. The highest BCUT2D eigenvalue weighted by molar-refractivity contribution is 7.10. The van der Waals surface area contributed by atoms with Gasteiger partial charge in [-0.2, -0.15) is 0 Å². The van der Waals surface area contributed by atoms with E-state index in [1.807, 2.05) is 32.0 Å². The van der Waals surface area contributed by atoms with E-state index in [9.17, 15) is 5.11 Å². The molecule has 0 aliphatic rings. The van der Waals surface area contributed by atoms with Crippen molar-refractivity contribution in [3.63, 3.8) is 0 Å². The topological polar surface area (TPSA) is 38.7 Å². The fourth-order valence-corrected chi connectivity index (χ4v) is 2.97. The summed E-state index contributed by atoms with van der Waals surface area (Å²) in [5.74, 6) is 1.34. The number of ether oxygens (including phenoxy) is 2. The first-order valence-corrected chi connectivity index (χ1v) is 7.73. The molecule has 1 atom stereocenters. The molecule has 20 heavy (non-hydrogen) atoms. The van der Waals surface area contributed by atoms with Crippen molar-refractivity contribution in [2.45, 2.75) is 20.0 Å². The minimum atomic E-state index is -0.706. The Labute approximate surface area is 127 Å². The molecule has 108 valence electrons. The van der Waals surface area contributed by atoms with Crippen LogP contribution >= 0.6 is 22.9 Å². The lowest BCUT2D eigenvalue weighted by Crippen LogP contribution is -2.02. The molecule has 0 amide bonds. The highest BCUT2D eigenvalue weighted by atomic mass is 35.5. The Morgan fingerprint density at radius 2 is 1.85 bits per heavy atom. The summed E-state index contributed by atoms with van der Waals surface area (Å²) in [7, 11) is 0. The van der Waals surface area contributed by atoms with Gasteiger partial charge in [0.1, 0.15) is 6.10 Å². The Bertz CT molecular complexity index is 568. The summed E-state index contributed by atoms with van der Waals surface area (Å²) in [6.45, 7) is 4.96. The number of rotatable bonds is 6. The fraction of sp³-hybridized carbons (Fsp3) is 0.333. The van der Waals surface area contributed by atoms with Gasteiger partial charge in [0, 0.05) is 10.3 Å². The van der Waals surface area contributed by atoms with Gasteiger partial charge in [-0.05, 0) is 37.6 Å². The summed E-state index contributed by atoms with van der Waals surface area (Å²) in [4.78, 5) is 0.807. The van der Waals surface area contributed by atoms with Crippen molar-refractivity contribution in [1.29, 1.82) is 0 Å². The second kappa shape index (κ2) is 6.97. The fourth-order valence-electron chi connectivity index (χ4n) is 1.87. The normalized spacial score (nSPS) is 12.2. The summed E-state index contributed by atoms with van der Waals surface area (Å²) in [5, 5.41) is 12.8. The zero-order valence-corrected chi connectivity index (χ0v) is 13.0. The second-order valence-electron chi connectivity index (χ2n) is 4.14. The van der Waals surface area contributed by atoms with E-state index in [0.29, 0.717) is 29.7 Å². The third kappa shape index (κ3) is 3.45. The Morgan fingerprint density at radius 3 is 2.45 bits per heavy atom. The van der Waals surface area contributed by atoms with E-state index >= 15 is 0 Å². The molecule has 1 aromatic heterocycles. The van der Waals surface area contributed by atoms with Crippen LogP contribution in [0.5, 0.6) is 11.5 Å². The van der Waals surface area contributed by atoms with Crippen LogP contribution in [0.1, 0.15) is 30.4 Å². The summed E-state index contributed by atoms with van der Waals surface area (Å²) in [6.07, 6.45) is -0.706. The quantitative estimate of drug-likeness (QED) is 0.865. The minimum Gasteiger partial charge on any atom is -0.490 e. The van der Waals surface area contributed by atoms with E-state index in [1.54, 1.807) is 11.4 Å². The van der Waals surface area contributed by atoms with Crippen molar-refractivity contribution in [1.82, 2.24) is 0 Å². The van der Waals surface area contributed by atoms with Gasteiger partial charge in [-0.25, -0.2) is 0 Å². The van der Waals surface area contributed by atoms with Crippen molar-refractivity contribution < 1.29 is 14.6 Å². The van der Waals surface area contributed by atoms with Crippen LogP contribution in [-0.2, 0) is 0 Å². The van der Waals surface area contributed by atoms with Crippen LogP contribution in [0.3, 0.4) is 0 Å². The molecular formula is C15H17ClO3S. The molecule has 0 saturated carbocycles. The Hall–Kier alpha value is -1.23. The lowest BCUT2D eigenvalue weighted by Gasteiger charge is -2.14. The Kier molecular flexibility index (Phi) is 5.29.